The molecule has 1 rings (SSSR count). The molecule has 0 heterocycles. The Kier molecular flexibility index (Phi) is 4.77. The summed E-state index contributed by atoms with van der Waals surface area (Å²) in [5.74, 6) is -0.544. The molecule has 0 bridgehead atoms. The number of rotatable bonds is 4. The van der Waals surface area contributed by atoms with Gasteiger partial charge in [0.25, 0.3) is 0 Å². The third-order valence-electron chi connectivity index (χ3n) is 1.79. The van der Waals surface area contributed by atoms with E-state index in [0.717, 1.165) is 11.0 Å². The van der Waals surface area contributed by atoms with E-state index >= 15 is 0 Å². The maximum absolute atomic E-state index is 11.6. The molecular weight excluding hydrogens is 255 g/mol. The van der Waals surface area contributed by atoms with Crippen molar-refractivity contribution in [2.45, 2.75) is 11.1 Å². The summed E-state index contributed by atoms with van der Waals surface area (Å²) in [5, 5.41) is 0. The lowest BCUT2D eigenvalue weighted by molar-refractivity contribution is -0.143. The van der Waals surface area contributed by atoms with E-state index in [1.165, 1.54) is 0 Å². The number of benzene rings is 1. The molecule has 0 spiro atoms. The fourth-order valence-corrected chi connectivity index (χ4v) is 2.05. The molecule has 0 amide bonds. The van der Waals surface area contributed by atoms with Gasteiger partial charge in [-0.1, -0.05) is 41.9 Å². The Bertz CT molecular complexity index is 331. The minimum Gasteiger partial charge on any atom is -0.464 e. The first-order valence-electron chi connectivity index (χ1n) is 4.36. The van der Waals surface area contributed by atoms with E-state index in [2.05, 4.69) is 0 Å². The van der Waals surface area contributed by atoms with Crippen molar-refractivity contribution in [2.75, 3.05) is 6.61 Å². The van der Waals surface area contributed by atoms with Crippen LogP contribution in [0.1, 0.15) is 12.5 Å². The number of halogens is 2. The lowest BCUT2D eigenvalue weighted by Crippen LogP contribution is -2.27. The molecule has 0 radical (unpaired) electrons. The largest absolute Gasteiger partial charge is 0.464 e. The van der Waals surface area contributed by atoms with Crippen LogP contribution in [0.3, 0.4) is 0 Å². The van der Waals surface area contributed by atoms with Crippen molar-refractivity contribution in [2.24, 2.45) is 0 Å². The molecule has 82 valence electrons. The van der Waals surface area contributed by atoms with Crippen molar-refractivity contribution in [1.82, 2.24) is 0 Å². The molecule has 1 aromatic rings. The molecule has 1 atom stereocenters. The summed E-state index contributed by atoms with van der Waals surface area (Å²) in [6.07, 6.45) is 0. The van der Waals surface area contributed by atoms with Crippen LogP contribution in [0.25, 0.3) is 0 Å². The molecule has 0 saturated carbocycles. The summed E-state index contributed by atoms with van der Waals surface area (Å²) in [7, 11) is 6.39. The minimum absolute atomic E-state index is 0.275. The van der Waals surface area contributed by atoms with Gasteiger partial charge < -0.3 is 4.74 Å². The molecule has 0 aliphatic rings. The zero-order valence-electron chi connectivity index (χ0n) is 8.07. The Morgan fingerprint density at radius 3 is 2.53 bits per heavy atom. The highest BCUT2D eigenvalue weighted by Crippen LogP contribution is 2.44. The Hall–Kier alpha value is -0.380. The molecule has 0 aromatic heterocycles. The summed E-state index contributed by atoms with van der Waals surface area (Å²) < 4.78 is 3.51. The second-order valence-electron chi connectivity index (χ2n) is 2.76. The molecule has 1 unspecified atom stereocenters. The number of hydrogen-bond acceptors (Lipinski definition) is 3. The Morgan fingerprint density at radius 2 is 2.07 bits per heavy atom. The van der Waals surface area contributed by atoms with Gasteiger partial charge in [0.05, 0.1) is 6.61 Å². The Balaban J connectivity index is 3.00. The topological polar surface area (TPSA) is 26.3 Å². The molecule has 2 nitrogen and oxygen atoms in total. The number of alkyl halides is 1. The van der Waals surface area contributed by atoms with Crippen LogP contribution < -0.4 is 0 Å². The molecular formula is C10H10Cl2O2S. The van der Waals surface area contributed by atoms with Crippen LogP contribution in [0.4, 0.5) is 0 Å². The Labute approximate surface area is 102 Å². The van der Waals surface area contributed by atoms with Gasteiger partial charge in [0.1, 0.15) is 0 Å². The van der Waals surface area contributed by atoms with Crippen LogP contribution in [0.5, 0.6) is 0 Å². The zero-order chi connectivity index (χ0) is 11.3. The summed E-state index contributed by atoms with van der Waals surface area (Å²) in [6, 6.07) is 8.89. The first-order valence-corrected chi connectivity index (χ1v) is 6.38. The van der Waals surface area contributed by atoms with E-state index in [0.29, 0.717) is 5.56 Å². The van der Waals surface area contributed by atoms with Crippen LogP contribution in [0.15, 0.2) is 30.3 Å². The number of carbonyl (C=O) groups is 1. The third-order valence-corrected chi connectivity index (χ3v) is 3.94. The lowest BCUT2D eigenvalue weighted by atomic mass is 10.1. The van der Waals surface area contributed by atoms with E-state index in [1.807, 2.05) is 6.07 Å². The van der Waals surface area contributed by atoms with E-state index in [9.17, 15) is 4.79 Å². The fraction of sp³-hybridized carbons (Fsp3) is 0.300. The van der Waals surface area contributed by atoms with Gasteiger partial charge in [0.15, 0.2) is 0 Å². The maximum Gasteiger partial charge on any atom is 0.343 e. The van der Waals surface area contributed by atoms with Gasteiger partial charge in [0.2, 0.25) is 4.21 Å². The van der Waals surface area contributed by atoms with Gasteiger partial charge >= 0.3 is 5.97 Å². The fourth-order valence-electron chi connectivity index (χ4n) is 1.07. The molecule has 5 heteroatoms. The average molecular weight is 265 g/mol. The maximum atomic E-state index is 11.6. The highest BCUT2D eigenvalue weighted by atomic mass is 35.7. The number of hydrogen-bond donors (Lipinski definition) is 0. The summed E-state index contributed by atoms with van der Waals surface area (Å²) in [6.45, 7) is 2.00. The highest BCUT2D eigenvalue weighted by Gasteiger charge is 2.40. The van der Waals surface area contributed by atoms with Crippen molar-refractivity contribution in [3.63, 3.8) is 0 Å². The molecule has 0 N–H and O–H groups in total. The standard InChI is InChI=1S/C10H10Cl2O2S/c1-2-14-9(13)10(11,15-12)8-6-4-3-5-7-8/h3-7H,2H2,1H3. The molecule has 0 aliphatic heterocycles. The zero-order valence-corrected chi connectivity index (χ0v) is 10.4. The average Bonchev–Trinajstić information content (AvgIpc) is 2.29. The lowest BCUT2D eigenvalue weighted by Gasteiger charge is -2.21. The second-order valence-corrected chi connectivity index (χ2v) is 4.78. The van der Waals surface area contributed by atoms with Crippen LogP contribution >= 0.6 is 33.3 Å². The van der Waals surface area contributed by atoms with Gasteiger partial charge in [-0.2, -0.15) is 0 Å². The molecule has 0 fully saturated rings. The smallest absolute Gasteiger partial charge is 0.343 e. The second kappa shape index (κ2) is 5.64. The van der Waals surface area contributed by atoms with Crippen LogP contribution in [-0.2, 0) is 13.7 Å². The van der Waals surface area contributed by atoms with Gasteiger partial charge in [-0.3, -0.25) is 0 Å². The van der Waals surface area contributed by atoms with Gasteiger partial charge in [-0.15, -0.1) is 0 Å². The van der Waals surface area contributed by atoms with Crippen molar-refractivity contribution >= 4 is 39.2 Å². The summed E-state index contributed by atoms with van der Waals surface area (Å²) >= 11 is 6.13. The van der Waals surface area contributed by atoms with Crippen molar-refractivity contribution < 1.29 is 9.53 Å². The van der Waals surface area contributed by atoms with E-state index in [-0.39, 0.29) is 6.61 Å². The first kappa shape index (κ1) is 12.7. The first-order chi connectivity index (χ1) is 7.15. The molecule has 0 saturated heterocycles. The van der Waals surface area contributed by atoms with Gasteiger partial charge in [-0.05, 0) is 34.1 Å². The van der Waals surface area contributed by atoms with Crippen LogP contribution in [0.2, 0.25) is 0 Å². The van der Waals surface area contributed by atoms with Crippen molar-refractivity contribution in [3.8, 4) is 0 Å². The SMILES string of the molecule is CCOC(=O)C(Cl)(SCl)c1ccccc1. The van der Waals surface area contributed by atoms with Gasteiger partial charge in [-0.25, -0.2) is 4.79 Å². The monoisotopic (exact) mass is 264 g/mol. The van der Waals surface area contributed by atoms with E-state index in [4.69, 9.17) is 27.0 Å². The highest BCUT2D eigenvalue weighted by molar-refractivity contribution is 8.23. The molecule has 15 heavy (non-hydrogen) atoms. The third kappa shape index (κ3) is 2.80. The van der Waals surface area contributed by atoms with E-state index < -0.39 is 10.2 Å². The van der Waals surface area contributed by atoms with Crippen LogP contribution in [0, 0.1) is 0 Å². The summed E-state index contributed by atoms with van der Waals surface area (Å²) in [4.78, 5) is 11.6. The minimum atomic E-state index is -1.36. The molecule has 1 aromatic carbocycles. The normalized spacial score (nSPS) is 14.3. The quantitative estimate of drug-likeness (QED) is 0.615. The van der Waals surface area contributed by atoms with Crippen molar-refractivity contribution in [3.05, 3.63) is 35.9 Å². The number of carbonyl (C=O) groups excluding carboxylic acids is 1. The predicted octanol–water partition coefficient (Wildman–Crippen LogP) is 3.53. The Morgan fingerprint density at radius 1 is 1.47 bits per heavy atom. The van der Waals surface area contributed by atoms with E-state index in [1.54, 1.807) is 31.2 Å². The number of ether oxygens (including phenoxy) is 1. The molecule has 0 aliphatic carbocycles. The van der Waals surface area contributed by atoms with Gasteiger partial charge in [0, 0.05) is 0 Å². The number of esters is 1. The van der Waals surface area contributed by atoms with Crippen molar-refractivity contribution in [1.29, 1.82) is 0 Å². The predicted molar refractivity (Wildman–Crippen MR) is 64.1 cm³/mol. The van der Waals surface area contributed by atoms with Crippen LogP contribution in [-0.4, -0.2) is 12.6 Å². The summed E-state index contributed by atoms with van der Waals surface area (Å²) in [5.41, 5.74) is 0.616.